The molecular weight excluding hydrogens is 330 g/mol. The van der Waals surface area contributed by atoms with Crippen LogP contribution in [0.25, 0.3) is 0 Å². The van der Waals surface area contributed by atoms with Gasteiger partial charge in [0.1, 0.15) is 5.76 Å². The largest absolute Gasteiger partial charge is 0.444 e. The number of rotatable bonds is 4. The highest BCUT2D eigenvalue weighted by Crippen LogP contribution is 2.24. The summed E-state index contributed by atoms with van der Waals surface area (Å²) in [5.41, 5.74) is 0.920. The van der Waals surface area contributed by atoms with Crippen LogP contribution in [-0.2, 0) is 26.7 Å². The first kappa shape index (κ1) is 18.2. The zero-order valence-corrected chi connectivity index (χ0v) is 14.9. The van der Waals surface area contributed by atoms with Crippen molar-refractivity contribution in [3.63, 3.8) is 0 Å². The third-order valence-electron chi connectivity index (χ3n) is 3.32. The van der Waals surface area contributed by atoms with Gasteiger partial charge in [0.25, 0.3) is 0 Å². The standard InChI is InChI=1S/C16H21N3O4S/c1-10-13(23-15(18-10)16(2,3)4)9-14(20)19-11-5-7-12(8-6-11)24(17,21)22/h5-8H,9H2,1-4H3,(H,19,20)(H2,17,21,22). The molecule has 0 saturated heterocycles. The zero-order valence-electron chi connectivity index (χ0n) is 14.1. The maximum atomic E-state index is 12.1. The lowest BCUT2D eigenvalue weighted by atomic mass is 9.97. The van der Waals surface area contributed by atoms with Crippen LogP contribution in [0.1, 0.15) is 38.1 Å². The number of carbonyl (C=O) groups is 1. The molecule has 0 aliphatic heterocycles. The summed E-state index contributed by atoms with van der Waals surface area (Å²) in [6, 6.07) is 5.63. The quantitative estimate of drug-likeness (QED) is 0.875. The molecule has 0 saturated carbocycles. The van der Waals surface area contributed by atoms with Crippen LogP contribution >= 0.6 is 0 Å². The van der Waals surface area contributed by atoms with Gasteiger partial charge in [-0.2, -0.15) is 0 Å². The molecule has 1 aromatic heterocycles. The lowest BCUT2D eigenvalue weighted by Gasteiger charge is -2.12. The molecule has 7 nitrogen and oxygen atoms in total. The Morgan fingerprint density at radius 2 is 1.83 bits per heavy atom. The normalized spacial score (nSPS) is 12.2. The van der Waals surface area contributed by atoms with Gasteiger partial charge in [-0.25, -0.2) is 18.5 Å². The number of nitrogens with two attached hydrogens (primary N) is 1. The number of primary sulfonamides is 1. The van der Waals surface area contributed by atoms with Gasteiger partial charge in [0.2, 0.25) is 15.9 Å². The summed E-state index contributed by atoms with van der Waals surface area (Å²) in [4.78, 5) is 16.5. The summed E-state index contributed by atoms with van der Waals surface area (Å²) in [5.74, 6) is 0.817. The SMILES string of the molecule is Cc1nc(C(C)(C)C)oc1CC(=O)Nc1ccc(S(N)(=O)=O)cc1. The minimum absolute atomic E-state index is 0.0126. The van der Waals surface area contributed by atoms with E-state index in [1.807, 2.05) is 20.8 Å². The Morgan fingerprint density at radius 1 is 1.25 bits per heavy atom. The van der Waals surface area contributed by atoms with Gasteiger partial charge in [-0.1, -0.05) is 20.8 Å². The van der Waals surface area contributed by atoms with E-state index in [1.54, 1.807) is 6.92 Å². The number of aromatic nitrogens is 1. The highest BCUT2D eigenvalue weighted by molar-refractivity contribution is 7.89. The number of hydrogen-bond donors (Lipinski definition) is 2. The molecule has 2 aromatic rings. The minimum atomic E-state index is -3.75. The van der Waals surface area contributed by atoms with Crippen LogP contribution in [0.5, 0.6) is 0 Å². The summed E-state index contributed by atoms with van der Waals surface area (Å²) in [5, 5.41) is 7.71. The van der Waals surface area contributed by atoms with Gasteiger partial charge >= 0.3 is 0 Å². The fourth-order valence-corrected chi connectivity index (χ4v) is 2.51. The van der Waals surface area contributed by atoms with Crippen molar-refractivity contribution in [2.75, 3.05) is 5.32 Å². The first-order valence-corrected chi connectivity index (χ1v) is 8.91. The Balaban J connectivity index is 2.07. The van der Waals surface area contributed by atoms with Crippen molar-refractivity contribution >= 4 is 21.6 Å². The topological polar surface area (TPSA) is 115 Å². The number of nitrogens with zero attached hydrogens (tertiary/aromatic N) is 1. The maximum Gasteiger partial charge on any atom is 0.238 e. The van der Waals surface area contributed by atoms with Crippen LogP contribution in [-0.4, -0.2) is 19.3 Å². The predicted molar refractivity (Wildman–Crippen MR) is 90.1 cm³/mol. The Bertz CT molecular complexity index is 846. The van der Waals surface area contributed by atoms with E-state index in [-0.39, 0.29) is 22.6 Å². The summed E-state index contributed by atoms with van der Waals surface area (Å²) in [6.45, 7) is 7.74. The highest BCUT2D eigenvalue weighted by atomic mass is 32.2. The van der Waals surface area contributed by atoms with E-state index in [4.69, 9.17) is 9.56 Å². The van der Waals surface area contributed by atoms with Crippen LogP contribution in [0.3, 0.4) is 0 Å². The average molecular weight is 351 g/mol. The van der Waals surface area contributed by atoms with Gasteiger partial charge in [0.05, 0.1) is 17.0 Å². The lowest BCUT2D eigenvalue weighted by Crippen LogP contribution is -2.15. The Hall–Kier alpha value is -2.19. The number of aryl methyl sites for hydroxylation is 1. The summed E-state index contributed by atoms with van der Waals surface area (Å²) >= 11 is 0. The van der Waals surface area contributed by atoms with E-state index in [0.717, 1.165) is 0 Å². The third-order valence-corrected chi connectivity index (χ3v) is 4.25. The number of benzene rings is 1. The zero-order chi connectivity index (χ0) is 18.1. The molecule has 1 heterocycles. The van der Waals surface area contributed by atoms with Gasteiger partial charge in [-0.15, -0.1) is 0 Å². The highest BCUT2D eigenvalue weighted by Gasteiger charge is 2.23. The van der Waals surface area contributed by atoms with Gasteiger partial charge in [-0.3, -0.25) is 4.79 Å². The number of nitrogens with one attached hydrogen (secondary N) is 1. The van der Waals surface area contributed by atoms with Crippen molar-refractivity contribution < 1.29 is 17.6 Å². The molecule has 0 unspecified atom stereocenters. The predicted octanol–water partition coefficient (Wildman–Crippen LogP) is 2.11. The van der Waals surface area contributed by atoms with E-state index in [1.165, 1.54) is 24.3 Å². The van der Waals surface area contributed by atoms with Crippen molar-refractivity contribution in [2.24, 2.45) is 5.14 Å². The molecule has 0 aliphatic carbocycles. The van der Waals surface area contributed by atoms with E-state index < -0.39 is 10.0 Å². The van der Waals surface area contributed by atoms with E-state index in [2.05, 4.69) is 10.3 Å². The number of carbonyl (C=O) groups excluding carboxylic acids is 1. The van der Waals surface area contributed by atoms with E-state index in [9.17, 15) is 13.2 Å². The van der Waals surface area contributed by atoms with Gasteiger partial charge in [-0.05, 0) is 31.2 Å². The van der Waals surface area contributed by atoms with Crippen LogP contribution < -0.4 is 10.5 Å². The Labute approximate surface area is 141 Å². The molecular formula is C16H21N3O4S. The van der Waals surface area contributed by atoms with Crippen LogP contribution in [0.4, 0.5) is 5.69 Å². The number of oxazole rings is 1. The molecule has 130 valence electrons. The molecule has 0 spiro atoms. The van der Waals surface area contributed by atoms with Crippen LogP contribution in [0.2, 0.25) is 0 Å². The fraction of sp³-hybridized carbons (Fsp3) is 0.375. The van der Waals surface area contributed by atoms with Gasteiger partial charge in [0.15, 0.2) is 5.89 Å². The summed E-state index contributed by atoms with van der Waals surface area (Å²) < 4.78 is 28.1. The molecule has 0 atom stereocenters. The number of hydrogen-bond acceptors (Lipinski definition) is 5. The first-order valence-electron chi connectivity index (χ1n) is 7.36. The lowest BCUT2D eigenvalue weighted by molar-refractivity contribution is -0.115. The van der Waals surface area contributed by atoms with Crippen molar-refractivity contribution in [3.05, 3.63) is 41.6 Å². The van der Waals surface area contributed by atoms with Crippen LogP contribution in [0.15, 0.2) is 33.6 Å². The fourth-order valence-electron chi connectivity index (χ4n) is 1.99. The molecule has 0 bridgehead atoms. The summed E-state index contributed by atoms with van der Waals surface area (Å²) in [6.07, 6.45) is 0.0475. The smallest absolute Gasteiger partial charge is 0.238 e. The van der Waals surface area contributed by atoms with Gasteiger partial charge in [0, 0.05) is 11.1 Å². The second-order valence-corrected chi connectivity index (χ2v) is 8.13. The Kier molecular flexibility index (Phi) is 4.82. The molecule has 0 aliphatic rings. The van der Waals surface area contributed by atoms with E-state index >= 15 is 0 Å². The third kappa shape index (κ3) is 4.42. The molecule has 1 amide bonds. The average Bonchev–Trinajstić information content (AvgIpc) is 2.79. The summed E-state index contributed by atoms with van der Waals surface area (Å²) in [7, 11) is -3.75. The van der Waals surface area contributed by atoms with Crippen molar-refractivity contribution in [1.82, 2.24) is 4.98 Å². The minimum Gasteiger partial charge on any atom is -0.444 e. The second-order valence-electron chi connectivity index (χ2n) is 6.57. The Morgan fingerprint density at radius 3 is 2.29 bits per heavy atom. The molecule has 24 heavy (non-hydrogen) atoms. The molecule has 1 aromatic carbocycles. The maximum absolute atomic E-state index is 12.1. The monoisotopic (exact) mass is 351 g/mol. The molecule has 0 radical (unpaired) electrons. The molecule has 3 N–H and O–H groups in total. The number of sulfonamides is 1. The van der Waals surface area contributed by atoms with Gasteiger partial charge < -0.3 is 9.73 Å². The molecule has 0 fully saturated rings. The molecule has 8 heteroatoms. The van der Waals surface area contributed by atoms with E-state index in [0.29, 0.717) is 23.0 Å². The first-order chi connectivity index (χ1) is 11.0. The van der Waals surface area contributed by atoms with Crippen molar-refractivity contribution in [1.29, 1.82) is 0 Å². The van der Waals surface area contributed by atoms with Crippen LogP contribution in [0, 0.1) is 6.92 Å². The van der Waals surface area contributed by atoms with Crippen molar-refractivity contribution in [2.45, 2.75) is 44.4 Å². The van der Waals surface area contributed by atoms with Crippen molar-refractivity contribution in [3.8, 4) is 0 Å². The number of anilines is 1. The number of amides is 1. The molecule has 2 rings (SSSR count). The second kappa shape index (κ2) is 6.37.